The van der Waals surface area contributed by atoms with E-state index in [9.17, 15) is 9.90 Å². The third-order valence-corrected chi connectivity index (χ3v) is 3.63. The second kappa shape index (κ2) is 5.90. The molecular weight excluding hydrogens is 272 g/mol. The van der Waals surface area contributed by atoms with Crippen LogP contribution < -0.4 is 0 Å². The first-order valence-electron chi connectivity index (χ1n) is 6.97. The fraction of sp³-hybridized carbons (Fsp3) is 0.429. The molecule has 1 N–H and O–H groups in total. The van der Waals surface area contributed by atoms with Crippen molar-refractivity contribution in [3.8, 4) is 11.6 Å². The molecule has 110 valence electrons. The number of carboxylic acid groups (broad SMARTS) is 1. The molecule has 0 bridgehead atoms. The van der Waals surface area contributed by atoms with Crippen LogP contribution in [0.5, 0.6) is 0 Å². The molecule has 1 unspecified atom stereocenters. The third kappa shape index (κ3) is 3.01. The lowest BCUT2D eigenvalue weighted by Gasteiger charge is -2.32. The Balaban J connectivity index is 1.73. The van der Waals surface area contributed by atoms with Crippen molar-refractivity contribution in [1.82, 2.24) is 20.1 Å². The van der Waals surface area contributed by atoms with Gasteiger partial charge in [-0.1, -0.05) is 6.07 Å². The third-order valence-electron chi connectivity index (χ3n) is 3.63. The first-order chi connectivity index (χ1) is 10.2. The Labute approximate surface area is 121 Å². The van der Waals surface area contributed by atoms with Gasteiger partial charge in [-0.05, 0) is 31.4 Å². The minimum Gasteiger partial charge on any atom is -0.465 e. The fourth-order valence-electron chi connectivity index (χ4n) is 2.60. The number of nitrogens with zero attached hydrogens (tertiary/aromatic N) is 4. The number of piperidine rings is 1. The minimum absolute atomic E-state index is 0.0896. The molecule has 1 aliphatic rings. The Hall–Kier alpha value is -2.44. The number of carbonyl (C=O) groups is 1. The second-order valence-electron chi connectivity index (χ2n) is 5.05. The molecule has 0 aliphatic carbocycles. The van der Waals surface area contributed by atoms with Gasteiger partial charge in [0.1, 0.15) is 5.69 Å². The SMILES string of the molecule is O=C(O)N1CCCCC1Cc1nnc(-c2ccccn2)o1. The standard InChI is InChI=1S/C14H16N4O3/c19-14(20)18-8-4-2-5-10(18)9-12-16-17-13(21-12)11-6-1-3-7-15-11/h1,3,6-7,10H,2,4-5,8-9H2,(H,19,20). The highest BCUT2D eigenvalue weighted by Gasteiger charge is 2.28. The quantitative estimate of drug-likeness (QED) is 0.930. The van der Waals surface area contributed by atoms with Crippen LogP contribution in [-0.2, 0) is 6.42 Å². The minimum atomic E-state index is -0.885. The van der Waals surface area contributed by atoms with Crippen LogP contribution in [0.15, 0.2) is 28.8 Å². The largest absolute Gasteiger partial charge is 0.465 e. The zero-order chi connectivity index (χ0) is 14.7. The van der Waals surface area contributed by atoms with E-state index in [-0.39, 0.29) is 6.04 Å². The van der Waals surface area contributed by atoms with Gasteiger partial charge in [-0.2, -0.15) is 0 Å². The molecule has 1 atom stereocenters. The predicted octanol–water partition coefficient (Wildman–Crippen LogP) is 2.21. The van der Waals surface area contributed by atoms with Gasteiger partial charge in [0, 0.05) is 25.2 Å². The maximum absolute atomic E-state index is 11.2. The zero-order valence-electron chi connectivity index (χ0n) is 11.5. The molecular formula is C14H16N4O3. The number of hydrogen-bond donors (Lipinski definition) is 1. The molecule has 0 saturated carbocycles. The second-order valence-corrected chi connectivity index (χ2v) is 5.05. The van der Waals surface area contributed by atoms with Crippen molar-refractivity contribution in [3.63, 3.8) is 0 Å². The average Bonchev–Trinajstić information content (AvgIpc) is 2.97. The number of likely N-dealkylation sites (tertiary alicyclic amines) is 1. The van der Waals surface area contributed by atoms with Crippen molar-refractivity contribution < 1.29 is 14.3 Å². The first kappa shape index (κ1) is 13.5. The van der Waals surface area contributed by atoms with Crippen LogP contribution in [0, 0.1) is 0 Å². The summed E-state index contributed by atoms with van der Waals surface area (Å²) in [5, 5.41) is 17.2. The predicted molar refractivity (Wildman–Crippen MR) is 73.6 cm³/mol. The maximum Gasteiger partial charge on any atom is 0.407 e. The van der Waals surface area contributed by atoms with Gasteiger partial charge in [0.05, 0.1) is 0 Å². The zero-order valence-corrected chi connectivity index (χ0v) is 11.5. The molecule has 21 heavy (non-hydrogen) atoms. The van der Waals surface area contributed by atoms with Crippen molar-refractivity contribution in [1.29, 1.82) is 0 Å². The molecule has 1 fully saturated rings. The lowest BCUT2D eigenvalue weighted by molar-refractivity contribution is 0.104. The van der Waals surface area contributed by atoms with Crippen LogP contribution in [-0.4, -0.2) is 43.9 Å². The Bertz CT molecular complexity index is 614. The summed E-state index contributed by atoms with van der Waals surface area (Å²) in [6.07, 6.45) is 3.98. The van der Waals surface area contributed by atoms with Crippen LogP contribution in [0.3, 0.4) is 0 Å². The number of aromatic nitrogens is 3. The molecule has 0 radical (unpaired) electrons. The van der Waals surface area contributed by atoms with E-state index in [0.717, 1.165) is 19.3 Å². The Morgan fingerprint density at radius 1 is 1.38 bits per heavy atom. The molecule has 1 saturated heterocycles. The van der Waals surface area contributed by atoms with Crippen LogP contribution in [0.25, 0.3) is 11.6 Å². The lowest BCUT2D eigenvalue weighted by atomic mass is 10.00. The average molecular weight is 288 g/mol. The van der Waals surface area contributed by atoms with Gasteiger partial charge in [0.2, 0.25) is 5.89 Å². The molecule has 1 amide bonds. The Morgan fingerprint density at radius 3 is 3.05 bits per heavy atom. The van der Waals surface area contributed by atoms with E-state index >= 15 is 0 Å². The van der Waals surface area contributed by atoms with Gasteiger partial charge in [0.15, 0.2) is 0 Å². The summed E-state index contributed by atoms with van der Waals surface area (Å²) in [5.41, 5.74) is 0.620. The van der Waals surface area contributed by atoms with E-state index < -0.39 is 6.09 Å². The topological polar surface area (TPSA) is 92.3 Å². The van der Waals surface area contributed by atoms with E-state index in [2.05, 4.69) is 15.2 Å². The molecule has 2 aromatic rings. The van der Waals surface area contributed by atoms with Crippen LogP contribution in [0.4, 0.5) is 4.79 Å². The van der Waals surface area contributed by atoms with Crippen molar-refractivity contribution in [2.45, 2.75) is 31.7 Å². The summed E-state index contributed by atoms with van der Waals surface area (Å²) in [6.45, 7) is 0.571. The maximum atomic E-state index is 11.2. The van der Waals surface area contributed by atoms with Crippen LogP contribution in [0.2, 0.25) is 0 Å². The van der Waals surface area contributed by atoms with Gasteiger partial charge in [-0.15, -0.1) is 10.2 Å². The molecule has 1 aliphatic heterocycles. The van der Waals surface area contributed by atoms with Crippen molar-refractivity contribution in [3.05, 3.63) is 30.3 Å². The Kier molecular flexibility index (Phi) is 3.81. The van der Waals surface area contributed by atoms with Crippen molar-refractivity contribution in [2.75, 3.05) is 6.54 Å². The number of amides is 1. The number of pyridine rings is 1. The van der Waals surface area contributed by atoms with Gasteiger partial charge < -0.3 is 14.4 Å². The highest BCUT2D eigenvalue weighted by atomic mass is 16.4. The summed E-state index contributed by atoms with van der Waals surface area (Å²) in [5.74, 6) is 0.817. The number of rotatable bonds is 3. The monoisotopic (exact) mass is 288 g/mol. The van der Waals surface area contributed by atoms with Crippen LogP contribution >= 0.6 is 0 Å². The molecule has 3 rings (SSSR count). The summed E-state index contributed by atoms with van der Waals surface area (Å²) in [4.78, 5) is 16.8. The van der Waals surface area contributed by atoms with E-state index in [1.54, 1.807) is 12.3 Å². The molecule has 2 aromatic heterocycles. The molecule has 0 aromatic carbocycles. The fourth-order valence-corrected chi connectivity index (χ4v) is 2.60. The first-order valence-corrected chi connectivity index (χ1v) is 6.97. The van der Waals surface area contributed by atoms with Gasteiger partial charge >= 0.3 is 6.09 Å². The summed E-state index contributed by atoms with van der Waals surface area (Å²) >= 11 is 0. The highest BCUT2D eigenvalue weighted by Crippen LogP contribution is 2.22. The van der Waals surface area contributed by atoms with Gasteiger partial charge in [-0.3, -0.25) is 4.98 Å². The smallest absolute Gasteiger partial charge is 0.407 e. The van der Waals surface area contributed by atoms with E-state index in [1.165, 1.54) is 4.90 Å². The normalized spacial score (nSPS) is 18.7. The molecule has 0 spiro atoms. The van der Waals surface area contributed by atoms with E-state index in [1.807, 2.05) is 12.1 Å². The van der Waals surface area contributed by atoms with Crippen molar-refractivity contribution >= 4 is 6.09 Å². The molecule has 3 heterocycles. The molecule has 7 nitrogen and oxygen atoms in total. The van der Waals surface area contributed by atoms with Crippen LogP contribution in [0.1, 0.15) is 25.2 Å². The van der Waals surface area contributed by atoms with Crippen molar-refractivity contribution in [2.24, 2.45) is 0 Å². The summed E-state index contributed by atoms with van der Waals surface area (Å²) in [7, 11) is 0. The number of hydrogen-bond acceptors (Lipinski definition) is 5. The highest BCUT2D eigenvalue weighted by molar-refractivity contribution is 5.65. The summed E-state index contributed by atoms with van der Waals surface area (Å²) < 4.78 is 5.60. The Morgan fingerprint density at radius 2 is 2.29 bits per heavy atom. The van der Waals surface area contributed by atoms with E-state index in [0.29, 0.717) is 30.4 Å². The summed E-state index contributed by atoms with van der Waals surface area (Å²) in [6, 6.07) is 5.36. The molecule has 7 heteroatoms. The lowest BCUT2D eigenvalue weighted by Crippen LogP contribution is -2.44. The van der Waals surface area contributed by atoms with E-state index in [4.69, 9.17) is 4.42 Å². The van der Waals surface area contributed by atoms with Gasteiger partial charge in [-0.25, -0.2) is 4.79 Å². The van der Waals surface area contributed by atoms with Gasteiger partial charge in [0.25, 0.3) is 5.89 Å².